The number of hydrogen-bond donors (Lipinski definition) is 0. The smallest absolute Gasteiger partial charge is 0.0829 e. The summed E-state index contributed by atoms with van der Waals surface area (Å²) in [5.74, 6) is 0. The lowest BCUT2D eigenvalue weighted by Crippen LogP contribution is -2.02. The van der Waals surface area contributed by atoms with E-state index in [4.69, 9.17) is 4.74 Å². The van der Waals surface area contributed by atoms with Crippen LogP contribution in [0.1, 0.15) is 18.1 Å². The summed E-state index contributed by atoms with van der Waals surface area (Å²) in [6, 6.07) is 10.1. The molecule has 1 heteroatoms. The number of rotatable bonds is 5. The van der Waals surface area contributed by atoms with Crippen LogP contribution in [0.3, 0.4) is 0 Å². The normalized spacial score (nSPS) is 12.4. The second kappa shape index (κ2) is 5.55. The molecule has 1 radical (unpaired) electrons. The number of benzene rings is 1. The Hall–Kier alpha value is -1.08. The van der Waals surface area contributed by atoms with Crippen molar-refractivity contribution in [3.8, 4) is 0 Å². The average Bonchev–Trinajstić information content (AvgIpc) is 2.21. The molecule has 0 N–H and O–H groups in total. The molecular formula is C12H15O. The zero-order valence-corrected chi connectivity index (χ0v) is 7.78. The monoisotopic (exact) mass is 175 g/mol. The third-order valence-electron chi connectivity index (χ3n) is 1.85. The highest BCUT2D eigenvalue weighted by molar-refractivity contribution is 5.17. The molecule has 0 aromatic heterocycles. The summed E-state index contributed by atoms with van der Waals surface area (Å²) in [4.78, 5) is 0. The molecular weight excluding hydrogens is 160 g/mol. The van der Waals surface area contributed by atoms with Crippen LogP contribution in [0.15, 0.2) is 43.0 Å². The molecule has 1 aromatic rings. The summed E-state index contributed by atoms with van der Waals surface area (Å²) in [6.45, 7) is 8.05. The minimum absolute atomic E-state index is 0.0965. The molecule has 0 aliphatic rings. The van der Waals surface area contributed by atoms with E-state index >= 15 is 0 Å². The molecule has 0 bridgehead atoms. The molecule has 69 valence electrons. The van der Waals surface area contributed by atoms with Crippen molar-refractivity contribution >= 4 is 0 Å². The van der Waals surface area contributed by atoms with Gasteiger partial charge in [0.1, 0.15) is 0 Å². The molecule has 1 atom stereocenters. The van der Waals surface area contributed by atoms with Gasteiger partial charge in [-0.05, 0) is 12.0 Å². The summed E-state index contributed by atoms with van der Waals surface area (Å²) in [6.07, 6.45) is 2.60. The molecule has 1 unspecified atom stereocenters. The van der Waals surface area contributed by atoms with Gasteiger partial charge in [-0.2, -0.15) is 0 Å². The van der Waals surface area contributed by atoms with Crippen molar-refractivity contribution in [2.24, 2.45) is 0 Å². The van der Waals surface area contributed by atoms with Gasteiger partial charge in [0, 0.05) is 0 Å². The fourth-order valence-electron chi connectivity index (χ4n) is 1.20. The molecule has 0 heterocycles. The first kappa shape index (κ1) is 10.0. The SMILES string of the molecule is [CH2]CC(OCC=C)c1ccccc1. The lowest BCUT2D eigenvalue weighted by atomic mass is 10.1. The van der Waals surface area contributed by atoms with E-state index in [1.807, 2.05) is 18.2 Å². The van der Waals surface area contributed by atoms with Gasteiger partial charge in [-0.1, -0.05) is 43.3 Å². The van der Waals surface area contributed by atoms with Gasteiger partial charge in [-0.25, -0.2) is 0 Å². The maximum absolute atomic E-state index is 5.55. The first-order chi connectivity index (χ1) is 6.38. The molecule has 1 aromatic carbocycles. The van der Waals surface area contributed by atoms with Gasteiger partial charge in [-0.15, -0.1) is 6.58 Å². The van der Waals surface area contributed by atoms with Crippen LogP contribution in [0, 0.1) is 6.92 Å². The summed E-state index contributed by atoms with van der Waals surface area (Å²) < 4.78 is 5.55. The van der Waals surface area contributed by atoms with Gasteiger partial charge >= 0.3 is 0 Å². The fraction of sp³-hybridized carbons (Fsp3) is 0.250. The third kappa shape index (κ3) is 3.03. The van der Waals surface area contributed by atoms with E-state index in [1.165, 1.54) is 5.56 Å². The fourth-order valence-corrected chi connectivity index (χ4v) is 1.20. The number of hydrogen-bond acceptors (Lipinski definition) is 1. The van der Waals surface area contributed by atoms with Gasteiger partial charge in [0.15, 0.2) is 0 Å². The van der Waals surface area contributed by atoms with Crippen LogP contribution < -0.4 is 0 Å². The van der Waals surface area contributed by atoms with Crippen LogP contribution in [0.4, 0.5) is 0 Å². The van der Waals surface area contributed by atoms with Gasteiger partial charge in [0.25, 0.3) is 0 Å². The standard InChI is InChI=1S/C12H15O/c1-3-10-13-12(4-2)11-8-6-5-7-9-11/h3,5-9,12H,1-2,4,10H2. The first-order valence-electron chi connectivity index (χ1n) is 4.45. The second-order valence-corrected chi connectivity index (χ2v) is 2.81. The van der Waals surface area contributed by atoms with E-state index in [0.29, 0.717) is 6.61 Å². The maximum Gasteiger partial charge on any atom is 0.0829 e. The van der Waals surface area contributed by atoms with Gasteiger partial charge in [-0.3, -0.25) is 0 Å². The van der Waals surface area contributed by atoms with E-state index in [2.05, 4.69) is 25.6 Å². The summed E-state index contributed by atoms with van der Waals surface area (Å²) in [7, 11) is 0. The Labute approximate surface area is 80.0 Å². The molecule has 0 saturated carbocycles. The largest absolute Gasteiger partial charge is 0.369 e. The van der Waals surface area contributed by atoms with Crippen molar-refractivity contribution in [3.05, 3.63) is 55.5 Å². The highest BCUT2D eigenvalue weighted by Gasteiger charge is 2.07. The Morgan fingerprint density at radius 2 is 2.00 bits per heavy atom. The lowest BCUT2D eigenvalue weighted by molar-refractivity contribution is 0.0761. The quantitative estimate of drug-likeness (QED) is 0.625. The van der Waals surface area contributed by atoms with Gasteiger partial charge in [0.2, 0.25) is 0 Å². The van der Waals surface area contributed by atoms with Crippen molar-refractivity contribution in [2.75, 3.05) is 6.61 Å². The van der Waals surface area contributed by atoms with E-state index in [9.17, 15) is 0 Å². The predicted octanol–water partition coefficient (Wildman–Crippen LogP) is 3.15. The Kier molecular flexibility index (Phi) is 4.27. The van der Waals surface area contributed by atoms with Gasteiger partial charge < -0.3 is 4.74 Å². The lowest BCUT2D eigenvalue weighted by Gasteiger charge is -2.14. The molecule has 13 heavy (non-hydrogen) atoms. The Balaban J connectivity index is 2.61. The van der Waals surface area contributed by atoms with Crippen molar-refractivity contribution in [3.63, 3.8) is 0 Å². The zero-order chi connectivity index (χ0) is 9.52. The van der Waals surface area contributed by atoms with E-state index in [0.717, 1.165) is 6.42 Å². The maximum atomic E-state index is 5.55. The molecule has 0 spiro atoms. The second-order valence-electron chi connectivity index (χ2n) is 2.81. The molecule has 1 rings (SSSR count). The molecule has 0 aliphatic heterocycles. The van der Waals surface area contributed by atoms with Crippen LogP contribution in [0.5, 0.6) is 0 Å². The summed E-state index contributed by atoms with van der Waals surface area (Å²) >= 11 is 0. The Bertz CT molecular complexity index is 241. The van der Waals surface area contributed by atoms with E-state index in [1.54, 1.807) is 6.08 Å². The topological polar surface area (TPSA) is 9.23 Å². The molecule has 0 saturated heterocycles. The predicted molar refractivity (Wildman–Crippen MR) is 55.3 cm³/mol. The highest BCUT2D eigenvalue weighted by Crippen LogP contribution is 2.19. The molecule has 0 aliphatic carbocycles. The highest BCUT2D eigenvalue weighted by atomic mass is 16.5. The van der Waals surface area contributed by atoms with Gasteiger partial charge in [0.05, 0.1) is 12.7 Å². The Morgan fingerprint density at radius 1 is 1.31 bits per heavy atom. The van der Waals surface area contributed by atoms with Crippen molar-refractivity contribution in [2.45, 2.75) is 12.5 Å². The van der Waals surface area contributed by atoms with E-state index in [-0.39, 0.29) is 6.10 Å². The van der Waals surface area contributed by atoms with E-state index < -0.39 is 0 Å². The minimum Gasteiger partial charge on any atom is -0.369 e. The molecule has 0 fully saturated rings. The minimum atomic E-state index is 0.0965. The molecule has 1 nitrogen and oxygen atoms in total. The van der Waals surface area contributed by atoms with Crippen LogP contribution in [-0.4, -0.2) is 6.61 Å². The van der Waals surface area contributed by atoms with Crippen molar-refractivity contribution in [1.29, 1.82) is 0 Å². The van der Waals surface area contributed by atoms with Crippen LogP contribution in [0.25, 0.3) is 0 Å². The van der Waals surface area contributed by atoms with Crippen molar-refractivity contribution in [1.82, 2.24) is 0 Å². The third-order valence-corrected chi connectivity index (χ3v) is 1.85. The Morgan fingerprint density at radius 3 is 2.54 bits per heavy atom. The average molecular weight is 175 g/mol. The van der Waals surface area contributed by atoms with Crippen LogP contribution >= 0.6 is 0 Å². The number of ether oxygens (including phenoxy) is 1. The summed E-state index contributed by atoms with van der Waals surface area (Å²) in [5, 5.41) is 0. The summed E-state index contributed by atoms with van der Waals surface area (Å²) in [5.41, 5.74) is 1.18. The zero-order valence-electron chi connectivity index (χ0n) is 7.78. The first-order valence-corrected chi connectivity index (χ1v) is 4.45. The van der Waals surface area contributed by atoms with Crippen LogP contribution in [0.2, 0.25) is 0 Å². The molecule has 0 amide bonds. The van der Waals surface area contributed by atoms with Crippen LogP contribution in [-0.2, 0) is 4.74 Å². The van der Waals surface area contributed by atoms with Crippen molar-refractivity contribution < 1.29 is 4.74 Å².